The van der Waals surface area contributed by atoms with E-state index >= 15 is 0 Å². The molecule has 7 heteroatoms. The molecule has 0 aliphatic rings. The largest absolute Gasteiger partial charge is 0.494 e. The minimum absolute atomic E-state index is 0.379. The van der Waals surface area contributed by atoms with Crippen LogP contribution in [0, 0.1) is 0 Å². The molecule has 0 saturated heterocycles. The summed E-state index contributed by atoms with van der Waals surface area (Å²) in [4.78, 5) is 24.9. The first-order valence-electron chi connectivity index (χ1n) is 13.2. The fourth-order valence-corrected chi connectivity index (χ4v) is 3.69. The Bertz CT molecular complexity index is 1400. The van der Waals surface area contributed by atoms with Crippen molar-refractivity contribution < 1.29 is 23.8 Å². The summed E-state index contributed by atoms with van der Waals surface area (Å²) in [6, 6.07) is 31.3. The summed E-state index contributed by atoms with van der Waals surface area (Å²) < 4.78 is 16.8. The van der Waals surface area contributed by atoms with Gasteiger partial charge in [0.2, 0.25) is 0 Å². The van der Waals surface area contributed by atoms with Crippen LogP contribution in [0.15, 0.2) is 108 Å². The van der Waals surface area contributed by atoms with Gasteiger partial charge in [-0.2, -0.15) is 5.10 Å². The average molecular weight is 537 g/mol. The molecule has 0 spiro atoms. The van der Waals surface area contributed by atoms with Crippen LogP contribution in [0.5, 0.6) is 17.2 Å². The lowest BCUT2D eigenvalue weighted by molar-refractivity contribution is -0.127. The summed E-state index contributed by atoms with van der Waals surface area (Å²) in [5.41, 5.74) is 5.82. The number of nitrogens with one attached hydrogen (secondary N) is 1. The molecule has 0 radical (unpaired) electrons. The number of hydrogen-bond donors (Lipinski definition) is 1. The zero-order valence-corrected chi connectivity index (χ0v) is 22.6. The van der Waals surface area contributed by atoms with Gasteiger partial charge >= 0.3 is 5.97 Å². The third-order valence-corrected chi connectivity index (χ3v) is 5.98. The van der Waals surface area contributed by atoms with E-state index in [2.05, 4.69) is 17.5 Å². The van der Waals surface area contributed by atoms with Crippen LogP contribution in [0.3, 0.4) is 0 Å². The van der Waals surface area contributed by atoms with E-state index in [0.29, 0.717) is 23.7 Å². The minimum Gasteiger partial charge on any atom is -0.494 e. The van der Waals surface area contributed by atoms with Crippen molar-refractivity contribution in [1.82, 2.24) is 5.43 Å². The number of rotatable bonds is 12. The number of carbonyl (C=O) groups is 2. The first kappa shape index (κ1) is 28.1. The van der Waals surface area contributed by atoms with E-state index in [-0.39, 0.29) is 5.91 Å². The molecule has 1 amide bonds. The highest BCUT2D eigenvalue weighted by atomic mass is 16.5. The molecule has 0 aromatic heterocycles. The molecule has 1 N–H and O–H groups in total. The van der Waals surface area contributed by atoms with Crippen LogP contribution in [-0.2, 0) is 4.79 Å². The molecule has 4 rings (SSSR count). The molecule has 0 aliphatic carbocycles. The highest BCUT2D eigenvalue weighted by Crippen LogP contribution is 2.23. The Morgan fingerprint density at radius 3 is 2.10 bits per heavy atom. The van der Waals surface area contributed by atoms with Gasteiger partial charge in [-0.1, -0.05) is 55.8 Å². The maximum atomic E-state index is 12.4. The van der Waals surface area contributed by atoms with Gasteiger partial charge in [0.05, 0.1) is 18.4 Å². The summed E-state index contributed by atoms with van der Waals surface area (Å²) in [5, 5.41) is 4.01. The van der Waals surface area contributed by atoms with E-state index in [1.807, 2.05) is 54.6 Å². The van der Waals surface area contributed by atoms with Gasteiger partial charge in [0.25, 0.3) is 5.91 Å². The van der Waals surface area contributed by atoms with Gasteiger partial charge < -0.3 is 14.2 Å². The van der Waals surface area contributed by atoms with Crippen LogP contribution in [0.2, 0.25) is 0 Å². The van der Waals surface area contributed by atoms with E-state index in [0.717, 1.165) is 35.3 Å². The molecule has 204 valence electrons. The number of amides is 1. The lowest BCUT2D eigenvalue weighted by Crippen LogP contribution is -2.33. The Hall–Kier alpha value is -4.91. The normalized spacial score (nSPS) is 11.6. The summed E-state index contributed by atoms with van der Waals surface area (Å²) >= 11 is 0. The van der Waals surface area contributed by atoms with Crippen LogP contribution in [0.1, 0.15) is 42.6 Å². The standard InChI is InChI=1S/C33H32N2O5/c1-3-4-22-38-29-18-14-28(15-19-29)33(37)40-31-16-10-25(11-17-31)23-34-35-32(36)24(2)39-30-20-12-27(13-21-30)26-8-6-5-7-9-26/h5-21,23-24H,3-4,22H2,1-2H3,(H,35,36). The van der Waals surface area contributed by atoms with Crippen LogP contribution in [-0.4, -0.2) is 30.8 Å². The highest BCUT2D eigenvalue weighted by molar-refractivity contribution is 5.91. The third-order valence-electron chi connectivity index (χ3n) is 5.98. The van der Waals surface area contributed by atoms with Crippen molar-refractivity contribution in [3.8, 4) is 28.4 Å². The van der Waals surface area contributed by atoms with Crippen molar-refractivity contribution in [2.24, 2.45) is 5.10 Å². The van der Waals surface area contributed by atoms with E-state index in [1.165, 1.54) is 6.21 Å². The van der Waals surface area contributed by atoms with Crippen molar-refractivity contribution >= 4 is 18.1 Å². The number of benzene rings is 4. The molecule has 4 aromatic carbocycles. The number of nitrogens with zero attached hydrogens (tertiary/aromatic N) is 1. The van der Waals surface area contributed by atoms with Gasteiger partial charge in [-0.3, -0.25) is 4.79 Å². The monoisotopic (exact) mass is 536 g/mol. The Morgan fingerprint density at radius 2 is 1.43 bits per heavy atom. The smallest absolute Gasteiger partial charge is 0.343 e. The maximum Gasteiger partial charge on any atom is 0.343 e. The lowest BCUT2D eigenvalue weighted by Gasteiger charge is -2.13. The minimum atomic E-state index is -0.738. The zero-order valence-electron chi connectivity index (χ0n) is 22.6. The van der Waals surface area contributed by atoms with Crippen molar-refractivity contribution in [3.63, 3.8) is 0 Å². The summed E-state index contributed by atoms with van der Waals surface area (Å²) in [5.74, 6) is 0.870. The maximum absolute atomic E-state index is 12.4. The summed E-state index contributed by atoms with van der Waals surface area (Å²) in [6.07, 6.45) is 2.80. The Morgan fingerprint density at radius 1 is 0.800 bits per heavy atom. The SMILES string of the molecule is CCCCOc1ccc(C(=O)Oc2ccc(C=NNC(=O)C(C)Oc3ccc(-c4ccccc4)cc3)cc2)cc1. The molecule has 0 saturated carbocycles. The summed E-state index contributed by atoms with van der Waals surface area (Å²) in [7, 11) is 0. The molecular formula is C33H32N2O5. The lowest BCUT2D eigenvalue weighted by atomic mass is 10.1. The number of hydrogen-bond acceptors (Lipinski definition) is 6. The number of esters is 1. The topological polar surface area (TPSA) is 86.2 Å². The van der Waals surface area contributed by atoms with Crippen molar-refractivity contribution in [3.05, 3.63) is 114 Å². The van der Waals surface area contributed by atoms with Crippen LogP contribution in [0.4, 0.5) is 0 Å². The van der Waals surface area contributed by atoms with Crippen LogP contribution in [0.25, 0.3) is 11.1 Å². The summed E-state index contributed by atoms with van der Waals surface area (Å²) in [6.45, 7) is 4.41. The molecular weight excluding hydrogens is 504 g/mol. The molecule has 7 nitrogen and oxygen atoms in total. The number of unbranched alkanes of at least 4 members (excludes halogenated alkanes) is 1. The van der Waals surface area contributed by atoms with Gasteiger partial charge in [0.15, 0.2) is 6.10 Å². The fraction of sp³-hybridized carbons (Fsp3) is 0.182. The fourth-order valence-electron chi connectivity index (χ4n) is 3.69. The number of carbonyl (C=O) groups excluding carboxylic acids is 2. The first-order chi connectivity index (χ1) is 19.5. The molecule has 0 bridgehead atoms. The molecule has 0 aliphatic heterocycles. The Labute approximate surface area is 234 Å². The average Bonchev–Trinajstić information content (AvgIpc) is 2.99. The van der Waals surface area contributed by atoms with Crippen LogP contribution < -0.4 is 19.6 Å². The second-order valence-corrected chi connectivity index (χ2v) is 9.07. The van der Waals surface area contributed by atoms with Crippen molar-refractivity contribution in [2.45, 2.75) is 32.8 Å². The van der Waals surface area contributed by atoms with E-state index in [4.69, 9.17) is 14.2 Å². The second kappa shape index (κ2) is 14.3. The highest BCUT2D eigenvalue weighted by Gasteiger charge is 2.14. The van der Waals surface area contributed by atoms with Gasteiger partial charge in [-0.25, -0.2) is 10.2 Å². The third kappa shape index (κ3) is 8.30. The van der Waals surface area contributed by atoms with Gasteiger partial charge in [-0.05, 0) is 90.7 Å². The second-order valence-electron chi connectivity index (χ2n) is 9.07. The molecule has 1 atom stereocenters. The molecule has 1 unspecified atom stereocenters. The van der Waals surface area contributed by atoms with Crippen molar-refractivity contribution in [1.29, 1.82) is 0 Å². The number of hydrazone groups is 1. The first-order valence-corrected chi connectivity index (χ1v) is 13.2. The van der Waals surface area contributed by atoms with Gasteiger partial charge in [-0.15, -0.1) is 0 Å². The van der Waals surface area contributed by atoms with Gasteiger partial charge in [0.1, 0.15) is 17.2 Å². The zero-order chi connectivity index (χ0) is 28.2. The predicted octanol–water partition coefficient (Wildman–Crippen LogP) is 6.67. The molecule has 40 heavy (non-hydrogen) atoms. The van der Waals surface area contributed by atoms with Crippen molar-refractivity contribution in [2.75, 3.05) is 6.61 Å². The Balaban J connectivity index is 1.22. The van der Waals surface area contributed by atoms with Crippen LogP contribution >= 0.6 is 0 Å². The van der Waals surface area contributed by atoms with E-state index in [9.17, 15) is 9.59 Å². The number of ether oxygens (including phenoxy) is 3. The van der Waals surface area contributed by atoms with E-state index in [1.54, 1.807) is 55.5 Å². The predicted molar refractivity (Wildman–Crippen MR) is 156 cm³/mol. The molecule has 4 aromatic rings. The quantitative estimate of drug-likeness (QED) is 0.0719. The molecule has 0 heterocycles. The Kier molecular flexibility index (Phi) is 10.0. The molecule has 0 fully saturated rings. The van der Waals surface area contributed by atoms with Gasteiger partial charge in [0, 0.05) is 0 Å². The van der Waals surface area contributed by atoms with E-state index < -0.39 is 12.1 Å².